The van der Waals surface area contributed by atoms with Crippen LogP contribution in [0.2, 0.25) is 0 Å². The van der Waals surface area contributed by atoms with Crippen LogP contribution in [0, 0.1) is 0 Å². The van der Waals surface area contributed by atoms with Gasteiger partial charge in [-0.3, -0.25) is 4.57 Å². The third-order valence-electron chi connectivity index (χ3n) is 4.35. The lowest BCUT2D eigenvalue weighted by atomic mass is 10.0. The zero-order valence-electron chi connectivity index (χ0n) is 16.8. The number of hydrogen-bond acceptors (Lipinski definition) is 7. The first kappa shape index (κ1) is 21.4. The highest BCUT2D eigenvalue weighted by Gasteiger charge is 2.30. The molecule has 0 spiro atoms. The highest BCUT2D eigenvalue weighted by Crippen LogP contribution is 2.22. The van der Waals surface area contributed by atoms with E-state index in [1.165, 1.54) is 18.0 Å². The molecular weight excluding hydrogens is 408 g/mol. The molecule has 1 aliphatic heterocycles. The lowest BCUT2D eigenvalue weighted by Crippen LogP contribution is -2.50. The van der Waals surface area contributed by atoms with Gasteiger partial charge in [0.25, 0.3) is 0 Å². The van der Waals surface area contributed by atoms with Crippen LogP contribution in [0.3, 0.4) is 0 Å². The first-order valence-electron chi connectivity index (χ1n) is 9.28. The smallest absolute Gasteiger partial charge is 0.357 e. The van der Waals surface area contributed by atoms with Crippen molar-refractivity contribution in [2.75, 3.05) is 19.5 Å². The topological polar surface area (TPSA) is 112 Å². The van der Waals surface area contributed by atoms with Crippen molar-refractivity contribution in [3.05, 3.63) is 53.5 Å². The third-order valence-corrected chi connectivity index (χ3v) is 5.00. The number of rotatable bonds is 7. The summed E-state index contributed by atoms with van der Waals surface area (Å²) in [6.45, 7) is 3.23. The van der Waals surface area contributed by atoms with E-state index in [-0.39, 0.29) is 30.2 Å². The lowest BCUT2D eigenvalue weighted by Gasteiger charge is -2.26. The number of imidazole rings is 1. The van der Waals surface area contributed by atoms with Crippen LogP contribution in [0.5, 0.6) is 0 Å². The zero-order valence-corrected chi connectivity index (χ0v) is 17.6. The summed E-state index contributed by atoms with van der Waals surface area (Å²) >= 11 is 1.39. The van der Waals surface area contributed by atoms with Gasteiger partial charge in [-0.1, -0.05) is 30.0 Å². The van der Waals surface area contributed by atoms with Gasteiger partial charge in [-0.15, -0.1) is 0 Å². The van der Waals surface area contributed by atoms with Crippen LogP contribution in [-0.2, 0) is 14.3 Å². The fourth-order valence-electron chi connectivity index (χ4n) is 3.05. The lowest BCUT2D eigenvalue weighted by molar-refractivity contribution is -0.139. The van der Waals surface area contributed by atoms with Crippen molar-refractivity contribution < 1.29 is 23.9 Å². The van der Waals surface area contributed by atoms with Gasteiger partial charge < -0.3 is 20.1 Å². The summed E-state index contributed by atoms with van der Waals surface area (Å²) in [7, 11) is 0. The van der Waals surface area contributed by atoms with E-state index >= 15 is 0 Å². The minimum atomic E-state index is -0.636. The maximum Gasteiger partial charge on any atom is 0.357 e. The quantitative estimate of drug-likeness (QED) is 0.512. The summed E-state index contributed by atoms with van der Waals surface area (Å²) in [6.07, 6.45) is 3.30. The molecule has 3 rings (SSSR count). The normalized spacial score (nSPS) is 16.0. The number of para-hydroxylation sites is 1. The Morgan fingerprint density at radius 2 is 1.93 bits per heavy atom. The fourth-order valence-corrected chi connectivity index (χ4v) is 3.60. The summed E-state index contributed by atoms with van der Waals surface area (Å²) in [5.74, 6) is -1.22. The predicted molar refractivity (Wildman–Crippen MR) is 110 cm³/mol. The molecule has 0 saturated carbocycles. The van der Waals surface area contributed by atoms with Crippen LogP contribution in [0.1, 0.15) is 24.3 Å². The van der Waals surface area contributed by atoms with Crippen LogP contribution >= 0.6 is 11.8 Å². The van der Waals surface area contributed by atoms with Gasteiger partial charge in [0, 0.05) is 5.69 Å². The summed E-state index contributed by atoms with van der Waals surface area (Å²) < 4.78 is 12.2. The number of hydrogen-bond donors (Lipinski definition) is 2. The Morgan fingerprint density at radius 3 is 2.60 bits per heavy atom. The molecule has 0 bridgehead atoms. The number of carbonyl (C=O) groups excluding carboxylic acids is 3. The van der Waals surface area contributed by atoms with Gasteiger partial charge in [0.2, 0.25) is 0 Å². The van der Waals surface area contributed by atoms with Crippen molar-refractivity contribution in [3.8, 4) is 5.69 Å². The van der Waals surface area contributed by atoms with E-state index in [9.17, 15) is 14.4 Å². The van der Waals surface area contributed by atoms with Gasteiger partial charge in [-0.2, -0.15) is 0 Å². The largest absolute Gasteiger partial charge is 0.463 e. The van der Waals surface area contributed by atoms with Gasteiger partial charge in [-0.05, 0) is 32.2 Å². The van der Waals surface area contributed by atoms with E-state index in [2.05, 4.69) is 15.6 Å². The van der Waals surface area contributed by atoms with E-state index in [0.717, 1.165) is 5.69 Å². The molecule has 158 valence electrons. The van der Waals surface area contributed by atoms with Crippen LogP contribution in [-0.4, -0.2) is 53.0 Å². The number of urea groups is 1. The molecule has 2 N–H and O–H groups in total. The molecule has 1 aromatic heterocycles. The Hall–Kier alpha value is -3.27. The highest BCUT2D eigenvalue weighted by atomic mass is 32.2. The van der Waals surface area contributed by atoms with Crippen molar-refractivity contribution in [1.29, 1.82) is 0 Å². The molecular formula is C20H22N4O5S. The number of aromatic nitrogens is 2. The Morgan fingerprint density at radius 1 is 1.20 bits per heavy atom. The van der Waals surface area contributed by atoms with Gasteiger partial charge in [0.15, 0.2) is 10.9 Å². The molecule has 2 aromatic rings. The molecule has 1 aliphatic rings. The van der Waals surface area contributed by atoms with Gasteiger partial charge in [0.05, 0.1) is 30.1 Å². The first-order chi connectivity index (χ1) is 14.5. The Balaban J connectivity index is 1.86. The molecule has 0 fully saturated rings. The van der Waals surface area contributed by atoms with Crippen LogP contribution < -0.4 is 10.6 Å². The molecule has 10 heteroatoms. The second-order valence-corrected chi connectivity index (χ2v) is 7.08. The Kier molecular flexibility index (Phi) is 6.78. The standard InChI is InChI=1S/C20H22N4O5S/c1-4-28-18(26)16-12(2)22-19(27)23-14(16)11-29-17(25)15-10-21-20(30-3)24(15)13-8-6-5-7-9-13/h5-10,12H,4,11H2,1-3H3,(H2,22,23,27)/t12-/m0/s1. The molecule has 2 heterocycles. The predicted octanol–water partition coefficient (Wildman–Crippen LogP) is 2.27. The van der Waals surface area contributed by atoms with E-state index in [4.69, 9.17) is 9.47 Å². The molecule has 0 aliphatic carbocycles. The number of nitrogens with one attached hydrogen (secondary N) is 2. The number of thioether (sulfide) groups is 1. The zero-order chi connectivity index (χ0) is 21.7. The number of amides is 2. The molecule has 9 nitrogen and oxygen atoms in total. The van der Waals surface area contributed by atoms with E-state index < -0.39 is 24.0 Å². The van der Waals surface area contributed by atoms with Crippen LogP contribution in [0.4, 0.5) is 4.79 Å². The average Bonchev–Trinajstić information content (AvgIpc) is 3.16. The van der Waals surface area contributed by atoms with Crippen molar-refractivity contribution in [3.63, 3.8) is 0 Å². The molecule has 2 amide bonds. The number of carbonyl (C=O) groups is 3. The number of benzene rings is 1. The van der Waals surface area contributed by atoms with Crippen LogP contribution in [0.15, 0.2) is 53.0 Å². The van der Waals surface area contributed by atoms with Gasteiger partial charge >= 0.3 is 18.0 Å². The van der Waals surface area contributed by atoms with Gasteiger partial charge in [0.1, 0.15) is 6.61 Å². The SMILES string of the molecule is CCOC(=O)C1=C(COC(=O)c2cnc(SC)n2-c2ccccc2)NC(=O)N[C@H]1C. The van der Waals surface area contributed by atoms with Gasteiger partial charge in [-0.25, -0.2) is 19.4 Å². The summed E-state index contributed by atoms with van der Waals surface area (Å²) in [5.41, 5.74) is 1.40. The maximum absolute atomic E-state index is 12.8. The molecule has 1 atom stereocenters. The Bertz CT molecular complexity index is 986. The summed E-state index contributed by atoms with van der Waals surface area (Å²) in [6, 6.07) is 8.24. The first-order valence-corrected chi connectivity index (χ1v) is 10.5. The van der Waals surface area contributed by atoms with Crippen molar-refractivity contribution in [2.24, 2.45) is 0 Å². The van der Waals surface area contributed by atoms with Crippen molar-refractivity contribution in [2.45, 2.75) is 25.0 Å². The van der Waals surface area contributed by atoms with E-state index in [1.54, 1.807) is 18.4 Å². The summed E-state index contributed by atoms with van der Waals surface area (Å²) in [4.78, 5) is 41.2. The highest BCUT2D eigenvalue weighted by molar-refractivity contribution is 7.98. The van der Waals surface area contributed by atoms with Crippen molar-refractivity contribution in [1.82, 2.24) is 20.2 Å². The minimum absolute atomic E-state index is 0.184. The number of esters is 2. The maximum atomic E-state index is 12.8. The molecule has 30 heavy (non-hydrogen) atoms. The second-order valence-electron chi connectivity index (χ2n) is 6.31. The molecule has 1 aromatic carbocycles. The number of nitrogens with zero attached hydrogens (tertiary/aromatic N) is 2. The molecule has 0 radical (unpaired) electrons. The molecule has 0 saturated heterocycles. The second kappa shape index (κ2) is 9.49. The summed E-state index contributed by atoms with van der Waals surface area (Å²) in [5, 5.41) is 5.75. The monoisotopic (exact) mass is 430 g/mol. The van der Waals surface area contributed by atoms with Crippen LogP contribution in [0.25, 0.3) is 5.69 Å². The minimum Gasteiger partial charge on any atom is -0.463 e. The fraction of sp³-hybridized carbons (Fsp3) is 0.300. The Labute approximate surface area is 177 Å². The van der Waals surface area contributed by atoms with Crippen molar-refractivity contribution >= 4 is 29.7 Å². The average molecular weight is 430 g/mol. The third kappa shape index (κ3) is 4.48. The van der Waals surface area contributed by atoms with E-state index in [1.807, 2.05) is 36.6 Å². The number of ether oxygens (including phenoxy) is 2. The van der Waals surface area contributed by atoms with E-state index in [0.29, 0.717) is 5.16 Å². The molecule has 0 unspecified atom stereocenters.